The van der Waals surface area contributed by atoms with Crippen molar-refractivity contribution in [1.82, 2.24) is 4.31 Å². The topological polar surface area (TPSA) is 46.6 Å². The molecule has 21 heavy (non-hydrogen) atoms. The highest BCUT2D eigenvalue weighted by molar-refractivity contribution is 7.89. The molecule has 118 valence electrons. The zero-order valence-electron chi connectivity index (χ0n) is 13.6. The van der Waals surface area contributed by atoms with Crippen LogP contribution in [0.4, 0.5) is 0 Å². The van der Waals surface area contributed by atoms with Gasteiger partial charge in [0.05, 0.1) is 12.0 Å². The normalized spacial score (nSPS) is 20.5. The van der Waals surface area contributed by atoms with Gasteiger partial charge in [-0.25, -0.2) is 8.42 Å². The van der Waals surface area contributed by atoms with Gasteiger partial charge in [-0.3, -0.25) is 0 Å². The molecular weight excluding hydrogens is 286 g/mol. The predicted octanol–water partition coefficient (Wildman–Crippen LogP) is 3.04. The van der Waals surface area contributed by atoms with Crippen LogP contribution in [0.5, 0.6) is 5.75 Å². The third-order valence-corrected chi connectivity index (χ3v) is 6.41. The fourth-order valence-electron chi connectivity index (χ4n) is 3.11. The Morgan fingerprint density at radius 3 is 2.48 bits per heavy atom. The molecule has 1 heterocycles. The number of rotatable bonds is 3. The second-order valence-corrected chi connectivity index (χ2v) is 7.99. The smallest absolute Gasteiger partial charge is 0.243 e. The van der Waals surface area contributed by atoms with Crippen molar-refractivity contribution in [2.24, 2.45) is 5.92 Å². The molecule has 1 aliphatic heterocycles. The number of hydrogen-bond acceptors (Lipinski definition) is 3. The van der Waals surface area contributed by atoms with E-state index < -0.39 is 10.0 Å². The first kappa shape index (κ1) is 16.3. The minimum atomic E-state index is -3.42. The first-order valence-corrected chi connectivity index (χ1v) is 8.88. The first-order chi connectivity index (χ1) is 9.78. The first-order valence-electron chi connectivity index (χ1n) is 7.44. The van der Waals surface area contributed by atoms with Crippen LogP contribution in [0.3, 0.4) is 0 Å². The number of benzene rings is 1. The van der Waals surface area contributed by atoms with Crippen molar-refractivity contribution in [3.8, 4) is 5.75 Å². The Bertz CT molecular complexity index is 637. The Morgan fingerprint density at radius 1 is 1.24 bits per heavy atom. The fraction of sp³-hybridized carbons (Fsp3) is 0.625. The molecule has 1 fully saturated rings. The summed E-state index contributed by atoms with van der Waals surface area (Å²) in [5, 5.41) is 0. The highest BCUT2D eigenvalue weighted by Gasteiger charge is 2.31. The summed E-state index contributed by atoms with van der Waals surface area (Å²) in [5.74, 6) is 1.20. The third kappa shape index (κ3) is 2.94. The number of methoxy groups -OCH3 is 1. The van der Waals surface area contributed by atoms with Crippen molar-refractivity contribution in [2.75, 3.05) is 20.2 Å². The highest BCUT2D eigenvalue weighted by Crippen LogP contribution is 2.33. The molecule has 0 aromatic heterocycles. The molecule has 2 rings (SSSR count). The lowest BCUT2D eigenvalue weighted by molar-refractivity contribution is 0.281. The molecule has 5 heteroatoms. The number of hydrogen-bond donors (Lipinski definition) is 0. The molecule has 0 spiro atoms. The summed E-state index contributed by atoms with van der Waals surface area (Å²) < 4.78 is 32.9. The Balaban J connectivity index is 2.50. The molecule has 1 aromatic carbocycles. The van der Waals surface area contributed by atoms with Gasteiger partial charge < -0.3 is 4.74 Å². The van der Waals surface area contributed by atoms with E-state index >= 15 is 0 Å². The van der Waals surface area contributed by atoms with Gasteiger partial charge in [-0.05, 0) is 62.3 Å². The lowest BCUT2D eigenvalue weighted by Crippen LogP contribution is -2.39. The molecule has 4 nitrogen and oxygen atoms in total. The van der Waals surface area contributed by atoms with Crippen LogP contribution in [-0.4, -0.2) is 32.9 Å². The van der Waals surface area contributed by atoms with Crippen LogP contribution >= 0.6 is 0 Å². The second-order valence-electron chi connectivity index (χ2n) is 6.09. The minimum Gasteiger partial charge on any atom is -0.496 e. The van der Waals surface area contributed by atoms with Crippen molar-refractivity contribution in [3.05, 3.63) is 22.8 Å². The van der Waals surface area contributed by atoms with E-state index in [-0.39, 0.29) is 0 Å². The molecule has 1 saturated heterocycles. The van der Waals surface area contributed by atoms with Crippen LogP contribution in [-0.2, 0) is 10.0 Å². The fourth-order valence-corrected chi connectivity index (χ4v) is 5.07. The standard InChI is InChI=1S/C16H25NO3S/c1-11-7-6-8-17(10-11)21(18,19)15-9-12(2)16(20-5)14(4)13(15)3/h9,11H,6-8,10H2,1-5H3. The van der Waals surface area contributed by atoms with Gasteiger partial charge >= 0.3 is 0 Å². The summed E-state index contributed by atoms with van der Waals surface area (Å²) in [6.07, 6.45) is 2.04. The molecule has 0 aliphatic carbocycles. The Kier molecular flexibility index (Phi) is 4.63. The van der Waals surface area contributed by atoms with Crippen molar-refractivity contribution >= 4 is 10.0 Å². The van der Waals surface area contributed by atoms with Gasteiger partial charge in [0.15, 0.2) is 0 Å². The van der Waals surface area contributed by atoms with Gasteiger partial charge in [0.2, 0.25) is 10.0 Å². The maximum absolute atomic E-state index is 12.9. The van der Waals surface area contributed by atoms with E-state index in [0.717, 1.165) is 35.3 Å². The molecule has 1 aliphatic rings. The number of nitrogens with zero attached hydrogens (tertiary/aromatic N) is 1. The van der Waals surface area contributed by atoms with Crippen LogP contribution in [0, 0.1) is 26.7 Å². The van der Waals surface area contributed by atoms with E-state index in [1.807, 2.05) is 20.8 Å². The lowest BCUT2D eigenvalue weighted by Gasteiger charge is -2.31. The summed E-state index contributed by atoms with van der Waals surface area (Å²) in [4.78, 5) is 0.424. The predicted molar refractivity (Wildman–Crippen MR) is 84.4 cm³/mol. The monoisotopic (exact) mass is 311 g/mol. The quantitative estimate of drug-likeness (QED) is 0.862. The summed E-state index contributed by atoms with van der Waals surface area (Å²) in [6, 6.07) is 1.75. The third-order valence-electron chi connectivity index (χ3n) is 4.42. The minimum absolute atomic E-state index is 0.424. The molecule has 0 amide bonds. The maximum Gasteiger partial charge on any atom is 0.243 e. The molecule has 0 bridgehead atoms. The molecule has 0 N–H and O–H groups in total. The second kappa shape index (κ2) is 5.97. The van der Waals surface area contributed by atoms with E-state index in [9.17, 15) is 8.42 Å². The molecular formula is C16H25NO3S. The van der Waals surface area contributed by atoms with Crippen LogP contribution in [0.2, 0.25) is 0 Å². The van der Waals surface area contributed by atoms with Gasteiger partial charge in [-0.1, -0.05) is 6.92 Å². The van der Waals surface area contributed by atoms with E-state index in [0.29, 0.717) is 23.9 Å². The summed E-state index contributed by atoms with van der Waals surface area (Å²) in [6.45, 7) is 9.01. The molecule has 1 unspecified atom stereocenters. The van der Waals surface area contributed by atoms with Gasteiger partial charge in [0, 0.05) is 13.1 Å². The van der Waals surface area contributed by atoms with Crippen molar-refractivity contribution in [3.63, 3.8) is 0 Å². The molecule has 0 saturated carbocycles. The van der Waals surface area contributed by atoms with E-state index in [4.69, 9.17) is 4.74 Å². The zero-order chi connectivity index (χ0) is 15.8. The molecule has 1 aromatic rings. The van der Waals surface area contributed by atoms with Gasteiger partial charge in [-0.15, -0.1) is 0 Å². The van der Waals surface area contributed by atoms with Crippen molar-refractivity contribution < 1.29 is 13.2 Å². The van der Waals surface area contributed by atoms with Crippen LogP contribution in [0.15, 0.2) is 11.0 Å². The highest BCUT2D eigenvalue weighted by atomic mass is 32.2. The zero-order valence-corrected chi connectivity index (χ0v) is 14.4. The van der Waals surface area contributed by atoms with E-state index in [2.05, 4.69) is 6.92 Å². The summed E-state index contributed by atoms with van der Waals surface area (Å²) in [5.41, 5.74) is 2.56. The number of sulfonamides is 1. The van der Waals surface area contributed by atoms with E-state index in [1.54, 1.807) is 17.5 Å². The lowest BCUT2D eigenvalue weighted by atomic mass is 10.0. The Hall–Kier alpha value is -1.07. The van der Waals surface area contributed by atoms with Gasteiger partial charge in [0.1, 0.15) is 5.75 Å². The molecule has 1 atom stereocenters. The average molecular weight is 311 g/mol. The maximum atomic E-state index is 12.9. The van der Waals surface area contributed by atoms with Crippen LogP contribution in [0.1, 0.15) is 36.5 Å². The van der Waals surface area contributed by atoms with Crippen molar-refractivity contribution in [1.29, 1.82) is 0 Å². The van der Waals surface area contributed by atoms with Crippen LogP contribution in [0.25, 0.3) is 0 Å². The van der Waals surface area contributed by atoms with Gasteiger partial charge in [0.25, 0.3) is 0 Å². The number of piperidine rings is 1. The number of aryl methyl sites for hydroxylation is 1. The van der Waals surface area contributed by atoms with E-state index in [1.165, 1.54) is 0 Å². The van der Waals surface area contributed by atoms with Crippen LogP contribution < -0.4 is 4.74 Å². The Morgan fingerprint density at radius 2 is 1.90 bits per heavy atom. The summed E-state index contributed by atoms with van der Waals surface area (Å²) in [7, 11) is -1.80. The van der Waals surface area contributed by atoms with Gasteiger partial charge in [-0.2, -0.15) is 4.31 Å². The Labute approximate surface area is 128 Å². The summed E-state index contributed by atoms with van der Waals surface area (Å²) >= 11 is 0. The molecule has 0 radical (unpaired) electrons. The van der Waals surface area contributed by atoms with Crippen molar-refractivity contribution in [2.45, 2.75) is 45.4 Å². The number of ether oxygens (including phenoxy) is 1. The largest absolute Gasteiger partial charge is 0.496 e. The average Bonchev–Trinajstić information content (AvgIpc) is 2.43. The SMILES string of the molecule is COc1c(C)cc(S(=O)(=O)N2CCCC(C)C2)c(C)c1C.